The monoisotopic (exact) mass is 268 g/mol. The summed E-state index contributed by atoms with van der Waals surface area (Å²) in [5.74, 6) is -0.848. The first-order chi connectivity index (χ1) is 8.08. The van der Waals surface area contributed by atoms with Crippen molar-refractivity contribution in [1.29, 1.82) is 0 Å². The summed E-state index contributed by atoms with van der Waals surface area (Å²) in [6.45, 7) is 4.36. The summed E-state index contributed by atoms with van der Waals surface area (Å²) in [6.07, 6.45) is 6.75. The third kappa shape index (κ3) is 6.02. The first-order valence-electron chi connectivity index (χ1n) is 6.55. The Balaban J connectivity index is 0. The minimum Gasteiger partial charge on any atom is -1.00 e. The van der Waals surface area contributed by atoms with E-state index >= 15 is 0 Å². The topological polar surface area (TPSA) is 55.8 Å². The first kappa shape index (κ1) is 18.4. The molecule has 0 radical (unpaired) electrons. The molecular formula is C13H25NaO4. The molecule has 0 aromatic carbocycles. The van der Waals surface area contributed by atoms with E-state index in [1.54, 1.807) is 6.92 Å². The number of carboxylic acid groups (broad SMARTS) is 1. The Morgan fingerprint density at radius 1 is 1.28 bits per heavy atom. The molecule has 1 N–H and O–H groups in total. The molecule has 1 heterocycles. The Morgan fingerprint density at radius 2 is 1.83 bits per heavy atom. The zero-order valence-corrected chi connectivity index (χ0v) is 13.9. The Bertz CT molecular complexity index is 243. The summed E-state index contributed by atoms with van der Waals surface area (Å²) in [4.78, 5) is 11.0. The van der Waals surface area contributed by atoms with E-state index in [2.05, 4.69) is 6.92 Å². The van der Waals surface area contributed by atoms with Gasteiger partial charge in [-0.1, -0.05) is 32.6 Å². The molecule has 5 heteroatoms. The number of hydrogen-bond donors (Lipinski definition) is 1. The van der Waals surface area contributed by atoms with Gasteiger partial charge in [0, 0.05) is 0 Å². The molecule has 0 bridgehead atoms. The maximum Gasteiger partial charge on any atom is 1.00 e. The van der Waals surface area contributed by atoms with Gasteiger partial charge in [-0.2, -0.15) is 0 Å². The summed E-state index contributed by atoms with van der Waals surface area (Å²) >= 11 is 0. The Hall–Kier alpha value is 0.390. The van der Waals surface area contributed by atoms with Gasteiger partial charge in [0.05, 0.1) is 13.2 Å². The molecule has 102 valence electrons. The SMILES string of the molecule is CCCCCCCC1OCC(C)(C(=O)O)CO1.[H-].[Na+]. The van der Waals surface area contributed by atoms with Crippen molar-refractivity contribution in [1.82, 2.24) is 0 Å². The van der Waals surface area contributed by atoms with Crippen LogP contribution >= 0.6 is 0 Å². The van der Waals surface area contributed by atoms with Gasteiger partial charge < -0.3 is 16.0 Å². The summed E-state index contributed by atoms with van der Waals surface area (Å²) in [6, 6.07) is 0. The van der Waals surface area contributed by atoms with Crippen LogP contribution in [0.1, 0.15) is 53.8 Å². The Labute approximate surface area is 133 Å². The molecular weight excluding hydrogens is 243 g/mol. The summed E-state index contributed by atoms with van der Waals surface area (Å²) in [5.41, 5.74) is -0.876. The molecule has 0 saturated carbocycles. The van der Waals surface area contributed by atoms with Gasteiger partial charge in [0.25, 0.3) is 0 Å². The van der Waals surface area contributed by atoms with Crippen molar-refractivity contribution < 1.29 is 50.4 Å². The molecule has 0 aromatic rings. The number of hydrogen-bond acceptors (Lipinski definition) is 3. The van der Waals surface area contributed by atoms with Crippen LogP contribution in [0.15, 0.2) is 0 Å². The van der Waals surface area contributed by atoms with E-state index in [1.165, 1.54) is 25.7 Å². The van der Waals surface area contributed by atoms with Gasteiger partial charge in [-0.15, -0.1) is 0 Å². The van der Waals surface area contributed by atoms with Gasteiger partial charge in [-0.05, 0) is 19.8 Å². The fourth-order valence-corrected chi connectivity index (χ4v) is 1.85. The van der Waals surface area contributed by atoms with Crippen LogP contribution in [0.3, 0.4) is 0 Å². The molecule has 0 amide bonds. The second kappa shape index (κ2) is 9.32. The van der Waals surface area contributed by atoms with Crippen molar-refractivity contribution in [3.05, 3.63) is 0 Å². The van der Waals surface area contributed by atoms with Crippen molar-refractivity contribution >= 4 is 5.97 Å². The van der Waals surface area contributed by atoms with Crippen LogP contribution in [0.2, 0.25) is 0 Å². The van der Waals surface area contributed by atoms with Crippen LogP contribution in [0.25, 0.3) is 0 Å². The zero-order valence-electron chi connectivity index (χ0n) is 12.9. The van der Waals surface area contributed by atoms with E-state index in [1.807, 2.05) is 0 Å². The first-order valence-corrected chi connectivity index (χ1v) is 6.55. The number of ether oxygens (including phenoxy) is 2. The van der Waals surface area contributed by atoms with Gasteiger partial charge in [0.2, 0.25) is 0 Å². The standard InChI is InChI=1S/C13H24O4.Na.H/c1-3-4-5-6-7-8-11-16-9-13(2,10-17-11)12(14)15;;/h11H,3-10H2,1-2H3,(H,14,15);;/q;+1;-1. The summed E-state index contributed by atoms with van der Waals surface area (Å²) in [7, 11) is 0. The molecule has 1 fully saturated rings. The van der Waals surface area contributed by atoms with Crippen molar-refractivity contribution in [2.45, 2.75) is 58.7 Å². The van der Waals surface area contributed by atoms with Gasteiger partial charge in [-0.3, -0.25) is 4.79 Å². The van der Waals surface area contributed by atoms with E-state index in [9.17, 15) is 4.79 Å². The summed E-state index contributed by atoms with van der Waals surface area (Å²) in [5, 5.41) is 9.00. The van der Waals surface area contributed by atoms with Crippen molar-refractivity contribution in [2.75, 3.05) is 13.2 Å². The van der Waals surface area contributed by atoms with Crippen LogP contribution in [0, 0.1) is 5.41 Å². The minimum atomic E-state index is -0.876. The van der Waals surface area contributed by atoms with Crippen molar-refractivity contribution in [3.8, 4) is 0 Å². The number of carbonyl (C=O) groups is 1. The predicted molar refractivity (Wildman–Crippen MR) is 65.9 cm³/mol. The molecule has 1 rings (SSSR count). The Kier molecular flexibility index (Phi) is 9.52. The van der Waals surface area contributed by atoms with E-state index in [0.29, 0.717) is 0 Å². The smallest absolute Gasteiger partial charge is 1.00 e. The average molecular weight is 268 g/mol. The van der Waals surface area contributed by atoms with E-state index in [0.717, 1.165) is 12.8 Å². The zero-order chi connectivity index (χ0) is 12.7. The van der Waals surface area contributed by atoms with Gasteiger partial charge in [-0.25, -0.2) is 0 Å². The van der Waals surface area contributed by atoms with Crippen LogP contribution in [0.4, 0.5) is 0 Å². The van der Waals surface area contributed by atoms with Gasteiger partial charge in [0.15, 0.2) is 6.29 Å². The minimum absolute atomic E-state index is 0. The second-order valence-electron chi connectivity index (χ2n) is 5.12. The third-order valence-electron chi connectivity index (χ3n) is 3.24. The maximum absolute atomic E-state index is 11.0. The molecule has 18 heavy (non-hydrogen) atoms. The quantitative estimate of drug-likeness (QED) is 0.518. The van der Waals surface area contributed by atoms with E-state index in [4.69, 9.17) is 14.6 Å². The van der Waals surface area contributed by atoms with Crippen LogP contribution in [-0.4, -0.2) is 30.6 Å². The van der Waals surface area contributed by atoms with Gasteiger partial charge >= 0.3 is 35.5 Å². The predicted octanol–water partition coefficient (Wildman–Crippen LogP) is -0.0728. The average Bonchev–Trinajstić information content (AvgIpc) is 2.31. The molecule has 0 atom stereocenters. The molecule has 0 aromatic heterocycles. The van der Waals surface area contributed by atoms with Crippen LogP contribution in [0.5, 0.6) is 0 Å². The fraction of sp³-hybridized carbons (Fsp3) is 0.923. The largest absolute Gasteiger partial charge is 1.00 e. The molecule has 0 spiro atoms. The number of unbranched alkanes of at least 4 members (excludes halogenated alkanes) is 4. The van der Waals surface area contributed by atoms with Crippen molar-refractivity contribution in [3.63, 3.8) is 0 Å². The molecule has 0 unspecified atom stereocenters. The number of carboxylic acids is 1. The van der Waals surface area contributed by atoms with Gasteiger partial charge in [0.1, 0.15) is 5.41 Å². The van der Waals surface area contributed by atoms with Crippen molar-refractivity contribution in [2.24, 2.45) is 5.41 Å². The summed E-state index contributed by atoms with van der Waals surface area (Å²) < 4.78 is 10.9. The fourth-order valence-electron chi connectivity index (χ4n) is 1.85. The maximum atomic E-state index is 11.0. The van der Waals surface area contributed by atoms with E-state index in [-0.39, 0.29) is 50.5 Å². The normalized spacial score (nSPS) is 27.6. The second-order valence-corrected chi connectivity index (χ2v) is 5.12. The van der Waals surface area contributed by atoms with Crippen LogP contribution < -0.4 is 29.6 Å². The molecule has 1 saturated heterocycles. The Morgan fingerprint density at radius 3 is 2.33 bits per heavy atom. The number of rotatable bonds is 7. The van der Waals surface area contributed by atoms with E-state index < -0.39 is 11.4 Å². The molecule has 0 aliphatic carbocycles. The third-order valence-corrected chi connectivity index (χ3v) is 3.24. The number of aliphatic carboxylic acids is 1. The molecule has 1 aliphatic rings. The molecule has 1 aliphatic heterocycles. The molecule has 4 nitrogen and oxygen atoms in total. The van der Waals surface area contributed by atoms with Crippen LogP contribution in [-0.2, 0) is 14.3 Å².